The van der Waals surface area contributed by atoms with E-state index in [2.05, 4.69) is 12.8 Å². The Balaban J connectivity index is 1.72. The van der Waals surface area contributed by atoms with Crippen LogP contribution < -0.4 is 4.74 Å². The molecular weight excluding hydrogens is 418 g/mol. The van der Waals surface area contributed by atoms with Gasteiger partial charge in [-0.1, -0.05) is 66.4 Å². The van der Waals surface area contributed by atoms with Crippen LogP contribution in [0, 0.1) is 18.2 Å². The number of hydrogen-bond acceptors (Lipinski definition) is 1. The molecule has 1 nitrogen and oxygen atoms in total. The Kier molecular flexibility index (Phi) is 7.43. The molecule has 0 saturated heterocycles. The van der Waals surface area contributed by atoms with Crippen LogP contribution in [-0.4, -0.2) is 0 Å². The normalized spacial score (nSPS) is 12.8. The van der Waals surface area contributed by atoms with Crippen LogP contribution >= 0.6 is 23.2 Å². The molecule has 0 heterocycles. The van der Waals surface area contributed by atoms with Crippen molar-refractivity contribution < 1.29 is 9.13 Å². The summed E-state index contributed by atoms with van der Waals surface area (Å²) in [5.74, 6) is 3.42. The van der Waals surface area contributed by atoms with Crippen molar-refractivity contribution in [2.45, 2.75) is 38.0 Å². The highest BCUT2D eigenvalue weighted by atomic mass is 35.5. The first-order valence-corrected chi connectivity index (χ1v) is 10.7. The van der Waals surface area contributed by atoms with Gasteiger partial charge in [-0.3, -0.25) is 0 Å². The lowest BCUT2D eigenvalue weighted by Crippen LogP contribution is -2.23. The summed E-state index contributed by atoms with van der Waals surface area (Å²) in [6.07, 6.45) is 9.12. The number of hydrogen-bond donors (Lipinski definition) is 0. The predicted molar refractivity (Wildman–Crippen MR) is 123 cm³/mol. The lowest BCUT2D eigenvalue weighted by molar-refractivity contribution is 0.440. The highest BCUT2D eigenvalue weighted by Gasteiger charge is 2.28. The number of halogens is 3. The highest BCUT2D eigenvalue weighted by molar-refractivity contribution is 6.42. The fourth-order valence-corrected chi connectivity index (χ4v) is 3.87. The van der Waals surface area contributed by atoms with E-state index in [1.807, 2.05) is 30.3 Å². The Labute approximate surface area is 187 Å². The molecule has 0 spiro atoms. The summed E-state index contributed by atoms with van der Waals surface area (Å²) >= 11 is 12.3. The minimum absolute atomic E-state index is 0.224. The number of rotatable bonds is 8. The Morgan fingerprint density at radius 3 is 2.43 bits per heavy atom. The maximum Gasteiger partial charge on any atom is 0.165 e. The third kappa shape index (κ3) is 5.17. The van der Waals surface area contributed by atoms with Gasteiger partial charge in [-0.15, -0.1) is 6.42 Å². The van der Waals surface area contributed by atoms with Crippen molar-refractivity contribution in [2.75, 3.05) is 0 Å². The van der Waals surface area contributed by atoms with Crippen LogP contribution in [0.25, 0.3) is 0 Å². The summed E-state index contributed by atoms with van der Waals surface area (Å²) < 4.78 is 19.9. The van der Waals surface area contributed by atoms with Crippen molar-refractivity contribution in [1.82, 2.24) is 0 Å². The van der Waals surface area contributed by atoms with E-state index in [0.29, 0.717) is 15.8 Å². The van der Waals surface area contributed by atoms with Crippen molar-refractivity contribution in [1.29, 1.82) is 0 Å². The predicted octanol–water partition coefficient (Wildman–Crippen LogP) is 8.23. The second-order valence-corrected chi connectivity index (χ2v) is 8.06. The first kappa shape index (κ1) is 22.2. The number of aryl methyl sites for hydroxylation is 1. The average molecular weight is 441 g/mol. The second kappa shape index (κ2) is 10.0. The Bertz CT molecular complexity index is 1040. The zero-order valence-corrected chi connectivity index (χ0v) is 18.3. The topological polar surface area (TPSA) is 9.23 Å². The highest BCUT2D eigenvalue weighted by Crippen LogP contribution is 2.36. The first-order valence-electron chi connectivity index (χ1n) is 9.92. The molecular formula is C26H23Cl2FO. The van der Waals surface area contributed by atoms with Crippen LogP contribution in [0.5, 0.6) is 11.5 Å². The third-order valence-electron chi connectivity index (χ3n) is 5.39. The minimum atomic E-state index is -0.419. The molecule has 154 valence electrons. The zero-order chi connectivity index (χ0) is 21.6. The van der Waals surface area contributed by atoms with E-state index in [1.165, 1.54) is 6.07 Å². The van der Waals surface area contributed by atoms with Crippen LogP contribution in [0.3, 0.4) is 0 Å². The molecule has 0 saturated carbocycles. The molecule has 3 aromatic carbocycles. The molecule has 0 amide bonds. The van der Waals surface area contributed by atoms with E-state index in [1.54, 1.807) is 30.3 Å². The van der Waals surface area contributed by atoms with Gasteiger partial charge in [0, 0.05) is 0 Å². The van der Waals surface area contributed by atoms with Crippen LogP contribution in [0.1, 0.15) is 37.3 Å². The molecule has 0 aliphatic heterocycles. The summed E-state index contributed by atoms with van der Waals surface area (Å²) in [4.78, 5) is 0. The molecule has 0 aliphatic rings. The molecule has 0 N–H and O–H groups in total. The SMILES string of the molecule is C#CC(CC)(CCCc1ccc(F)c(Oc2ccccc2)c1)c1ccc(Cl)c(Cl)c1. The molecule has 0 radical (unpaired) electrons. The minimum Gasteiger partial charge on any atom is -0.454 e. The van der Waals surface area contributed by atoms with Gasteiger partial charge in [0.25, 0.3) is 0 Å². The maximum atomic E-state index is 14.2. The van der Waals surface area contributed by atoms with Crippen molar-refractivity contribution in [3.8, 4) is 23.8 Å². The van der Waals surface area contributed by atoms with E-state index in [-0.39, 0.29) is 11.6 Å². The largest absolute Gasteiger partial charge is 0.454 e. The lowest BCUT2D eigenvalue weighted by Gasteiger charge is -2.28. The summed E-state index contributed by atoms with van der Waals surface area (Å²) in [5, 5.41) is 1.02. The summed E-state index contributed by atoms with van der Waals surface area (Å²) in [5.41, 5.74) is 1.57. The average Bonchev–Trinajstić information content (AvgIpc) is 2.76. The summed E-state index contributed by atoms with van der Waals surface area (Å²) in [6, 6.07) is 19.8. The molecule has 30 heavy (non-hydrogen) atoms. The van der Waals surface area contributed by atoms with Crippen LogP contribution in [0.15, 0.2) is 66.7 Å². The van der Waals surface area contributed by atoms with E-state index in [9.17, 15) is 4.39 Å². The van der Waals surface area contributed by atoms with E-state index < -0.39 is 5.41 Å². The Hall–Kier alpha value is -2.47. The molecule has 0 aliphatic carbocycles. The van der Waals surface area contributed by atoms with Gasteiger partial charge in [0.1, 0.15) is 5.75 Å². The summed E-state index contributed by atoms with van der Waals surface area (Å²) in [6.45, 7) is 2.08. The van der Waals surface area contributed by atoms with Gasteiger partial charge in [0.15, 0.2) is 11.6 Å². The van der Waals surface area contributed by atoms with Crippen molar-refractivity contribution >= 4 is 23.2 Å². The lowest BCUT2D eigenvalue weighted by atomic mass is 9.75. The van der Waals surface area contributed by atoms with Crippen molar-refractivity contribution in [2.24, 2.45) is 0 Å². The van der Waals surface area contributed by atoms with Crippen LogP contribution in [0.2, 0.25) is 10.0 Å². The van der Waals surface area contributed by atoms with E-state index in [0.717, 1.165) is 36.8 Å². The van der Waals surface area contributed by atoms with Gasteiger partial charge in [-0.05, 0) is 73.2 Å². The number of ether oxygens (including phenoxy) is 1. The molecule has 0 aromatic heterocycles. The molecule has 1 atom stereocenters. The van der Waals surface area contributed by atoms with Gasteiger partial charge < -0.3 is 4.74 Å². The second-order valence-electron chi connectivity index (χ2n) is 7.24. The zero-order valence-electron chi connectivity index (χ0n) is 16.8. The Morgan fingerprint density at radius 2 is 1.77 bits per heavy atom. The van der Waals surface area contributed by atoms with E-state index in [4.69, 9.17) is 34.4 Å². The van der Waals surface area contributed by atoms with Gasteiger partial charge >= 0.3 is 0 Å². The Morgan fingerprint density at radius 1 is 1.00 bits per heavy atom. The monoisotopic (exact) mass is 440 g/mol. The first-order chi connectivity index (χ1) is 14.5. The summed E-state index contributed by atoms with van der Waals surface area (Å²) in [7, 11) is 0. The van der Waals surface area contributed by atoms with Crippen LogP contribution in [0.4, 0.5) is 4.39 Å². The number of benzene rings is 3. The molecule has 0 bridgehead atoms. The fourth-order valence-electron chi connectivity index (χ4n) is 3.57. The van der Waals surface area contributed by atoms with Crippen molar-refractivity contribution in [3.05, 3.63) is 93.7 Å². The van der Waals surface area contributed by atoms with Gasteiger partial charge in [0.05, 0.1) is 15.5 Å². The molecule has 0 fully saturated rings. The van der Waals surface area contributed by atoms with Gasteiger partial charge in [-0.25, -0.2) is 4.39 Å². The van der Waals surface area contributed by atoms with E-state index >= 15 is 0 Å². The number of para-hydroxylation sites is 1. The number of terminal acetylenes is 1. The molecule has 4 heteroatoms. The van der Waals surface area contributed by atoms with Gasteiger partial charge in [-0.2, -0.15) is 0 Å². The third-order valence-corrected chi connectivity index (χ3v) is 6.13. The van der Waals surface area contributed by atoms with Crippen molar-refractivity contribution in [3.63, 3.8) is 0 Å². The smallest absolute Gasteiger partial charge is 0.165 e. The molecule has 3 rings (SSSR count). The molecule has 3 aromatic rings. The maximum absolute atomic E-state index is 14.2. The molecule has 1 unspecified atom stereocenters. The van der Waals surface area contributed by atoms with Gasteiger partial charge in [0.2, 0.25) is 0 Å². The fraction of sp³-hybridized carbons (Fsp3) is 0.231. The standard InChI is InChI=1S/C26H23Cl2FO/c1-3-26(4-2,20-13-14-22(27)23(28)18-20)16-8-9-19-12-15-24(29)25(17-19)30-21-10-6-5-7-11-21/h1,5-7,10-15,17-18H,4,8-9,16H2,2H3. The van der Waals surface area contributed by atoms with Crippen LogP contribution in [-0.2, 0) is 11.8 Å². The quantitative estimate of drug-likeness (QED) is 0.320.